The van der Waals surface area contributed by atoms with Crippen LogP contribution in [0.15, 0.2) is 58.8 Å². The molecule has 3 N–H and O–H groups in total. The van der Waals surface area contributed by atoms with E-state index in [1.165, 1.54) is 24.7 Å². The van der Waals surface area contributed by atoms with Crippen LogP contribution in [0, 0.1) is 11.3 Å². The monoisotopic (exact) mass is 592 g/mol. The summed E-state index contributed by atoms with van der Waals surface area (Å²) in [5.41, 5.74) is 1.43. The Balaban J connectivity index is -0.000000144. The van der Waals surface area contributed by atoms with Crippen molar-refractivity contribution in [2.75, 3.05) is 14.2 Å². The zero-order chi connectivity index (χ0) is 34.4. The number of allylic oxidation sites excluding steroid dienone is 10. The molecule has 0 aromatic carbocycles. The Hall–Kier alpha value is -2.05. The number of hydrogen-bond donors (Lipinski definition) is 3. The van der Waals surface area contributed by atoms with Crippen molar-refractivity contribution in [3.63, 3.8) is 0 Å². The van der Waals surface area contributed by atoms with Crippen LogP contribution in [0.1, 0.15) is 135 Å². The van der Waals surface area contributed by atoms with E-state index in [4.69, 9.17) is 28.2 Å². The normalized spacial score (nSPS) is 12.5. The van der Waals surface area contributed by atoms with E-state index < -0.39 is 11.2 Å². The number of methoxy groups -OCH3 is 2. The largest absolute Gasteiger partial charge is 0.501 e. The van der Waals surface area contributed by atoms with Gasteiger partial charge in [-0.05, 0) is 86.6 Å². The molecule has 0 aromatic heterocycles. The number of nitrogens with one attached hydrogen (secondary N) is 1. The van der Waals surface area contributed by atoms with Crippen molar-refractivity contribution >= 4 is 13.7 Å². The number of aliphatic hydroxyl groups is 2. The van der Waals surface area contributed by atoms with E-state index in [9.17, 15) is 0 Å². The molecule has 0 amide bonds. The number of hydrogen-bond acceptors (Lipinski definition) is 5. The topological polar surface area (TPSA) is 82.8 Å². The lowest BCUT2D eigenvalue weighted by molar-refractivity contribution is -0.107. The maximum Gasteiger partial charge on any atom is 0.179 e. The quantitative estimate of drug-likeness (QED) is 0.0557. The third-order valence-corrected chi connectivity index (χ3v) is 5.86. The van der Waals surface area contributed by atoms with Crippen molar-refractivity contribution in [3.8, 4) is 0 Å². The van der Waals surface area contributed by atoms with Gasteiger partial charge in [0.2, 0.25) is 0 Å². The van der Waals surface area contributed by atoms with Crippen LogP contribution in [0.3, 0.4) is 0 Å². The molecule has 6 heteroatoms. The fourth-order valence-corrected chi connectivity index (χ4v) is 2.29. The maximum absolute atomic E-state index is 9.10. The van der Waals surface area contributed by atoms with Crippen molar-refractivity contribution in [2.24, 2.45) is 5.92 Å². The van der Waals surface area contributed by atoms with Gasteiger partial charge in [0.25, 0.3) is 0 Å². The summed E-state index contributed by atoms with van der Waals surface area (Å²) in [5, 5.41) is 25.0. The average molecular weight is 592 g/mol. The third-order valence-electron chi connectivity index (χ3n) is 5.86. The minimum Gasteiger partial charge on any atom is -0.501 e. The molecule has 0 aliphatic carbocycles. The first-order valence-electron chi connectivity index (χ1n) is 15.5. The van der Waals surface area contributed by atoms with Gasteiger partial charge in [-0.3, -0.25) is 5.41 Å². The van der Waals surface area contributed by atoms with E-state index in [0.29, 0.717) is 18.2 Å². The van der Waals surface area contributed by atoms with Gasteiger partial charge in [-0.2, -0.15) is 0 Å². The predicted octanol–water partition coefficient (Wildman–Crippen LogP) is 10.2. The second-order valence-electron chi connectivity index (χ2n) is 11.3. The first-order chi connectivity index (χ1) is 19.3. The molecule has 0 fully saturated rings. The molecular formula is C36H70BNO4. The Bertz CT molecular complexity index is 755. The zero-order valence-corrected chi connectivity index (χ0v) is 30.6. The summed E-state index contributed by atoms with van der Waals surface area (Å²) in [4.78, 5) is 0. The van der Waals surface area contributed by atoms with Crippen molar-refractivity contribution in [3.05, 3.63) is 58.8 Å². The molecule has 0 saturated heterocycles. The SMILES string of the molecule is C/C=C\C.CC(C)(O)C(C)(C)O.CC/C=C(/CC(C)C)OC.CCC(=N)OC.[B]C(=C/C=C(/C)CCC)/C(C)=C\CC. The molecule has 0 aliphatic rings. The van der Waals surface area contributed by atoms with E-state index in [1.54, 1.807) is 34.8 Å². The van der Waals surface area contributed by atoms with Crippen molar-refractivity contribution in [1.82, 2.24) is 0 Å². The lowest BCUT2D eigenvalue weighted by Gasteiger charge is -2.31. The standard InChI is InChI=1S/C13H21B.C9H18O.C6H14O2.C4H9NO.C4H8/c1-5-7-11(3)9-10-13(14)12(4)8-6-2;1-5-6-9(10-4)7-8(2)3;1-5(2,7)6(3,4)8;1-3-4(5)6-2;1-3-4-2/h8-10H,5-7H2,1-4H3;6,8H,5,7H2,1-4H3;7-8H,1-4H3;5H,3H2,1-2H3;3-4H,1-2H3/b11-9-,12-8-,13-10+;9-6-;;;4-3-. The summed E-state index contributed by atoms with van der Waals surface area (Å²) in [6.45, 7) is 27.2. The first kappa shape index (κ1) is 49.6. The Morgan fingerprint density at radius 2 is 1.29 bits per heavy atom. The smallest absolute Gasteiger partial charge is 0.179 e. The van der Waals surface area contributed by atoms with Crippen LogP contribution >= 0.6 is 0 Å². The number of rotatable bonds is 11. The first-order valence-corrected chi connectivity index (χ1v) is 15.5. The van der Waals surface area contributed by atoms with Crippen LogP contribution in [0.5, 0.6) is 0 Å². The lowest BCUT2D eigenvalue weighted by atomic mass is 9.87. The molecule has 0 atom stereocenters. The van der Waals surface area contributed by atoms with Crippen molar-refractivity contribution in [2.45, 2.75) is 147 Å². The van der Waals surface area contributed by atoms with Crippen LogP contribution in [0.4, 0.5) is 0 Å². The third kappa shape index (κ3) is 40.1. The van der Waals surface area contributed by atoms with Crippen molar-refractivity contribution < 1.29 is 19.7 Å². The molecule has 0 unspecified atom stereocenters. The van der Waals surface area contributed by atoms with Gasteiger partial charge in [0, 0.05) is 12.8 Å². The average Bonchev–Trinajstić information content (AvgIpc) is 2.91. The highest BCUT2D eigenvalue weighted by molar-refractivity contribution is 6.24. The van der Waals surface area contributed by atoms with Crippen LogP contribution in [-0.4, -0.2) is 49.4 Å². The summed E-state index contributed by atoms with van der Waals surface area (Å²) in [7, 11) is 9.14. The van der Waals surface area contributed by atoms with E-state index >= 15 is 0 Å². The molecule has 0 aliphatic heterocycles. The summed E-state index contributed by atoms with van der Waals surface area (Å²) >= 11 is 0. The van der Waals surface area contributed by atoms with Crippen LogP contribution in [0.25, 0.3) is 0 Å². The van der Waals surface area contributed by atoms with Gasteiger partial charge < -0.3 is 19.7 Å². The van der Waals surface area contributed by atoms with Gasteiger partial charge in [-0.1, -0.05) is 95.0 Å². The van der Waals surface area contributed by atoms with E-state index in [0.717, 1.165) is 36.9 Å². The molecule has 0 saturated carbocycles. The highest BCUT2D eigenvalue weighted by Gasteiger charge is 2.31. The van der Waals surface area contributed by atoms with E-state index in [-0.39, 0.29) is 0 Å². The van der Waals surface area contributed by atoms with Gasteiger partial charge in [-0.15, -0.1) is 0 Å². The second kappa shape index (κ2) is 31.9. The fourth-order valence-electron chi connectivity index (χ4n) is 2.29. The summed E-state index contributed by atoms with van der Waals surface area (Å²) in [6.07, 6.45) is 18.6. The molecule has 0 rings (SSSR count). The molecular weight excluding hydrogens is 521 g/mol. The highest BCUT2D eigenvalue weighted by atomic mass is 16.5. The summed E-state index contributed by atoms with van der Waals surface area (Å²) in [5.74, 6) is 2.16. The van der Waals surface area contributed by atoms with Gasteiger partial charge >= 0.3 is 0 Å². The molecule has 0 spiro atoms. The molecule has 2 radical (unpaired) electrons. The van der Waals surface area contributed by atoms with Crippen molar-refractivity contribution in [1.29, 1.82) is 5.41 Å². The minimum absolute atomic E-state index is 0.343. The Labute approximate surface area is 264 Å². The zero-order valence-electron chi connectivity index (χ0n) is 30.6. The molecule has 5 nitrogen and oxygen atoms in total. The van der Waals surface area contributed by atoms with Crippen LogP contribution < -0.4 is 0 Å². The molecule has 246 valence electrons. The van der Waals surface area contributed by atoms with Crippen LogP contribution in [0.2, 0.25) is 0 Å². The van der Waals surface area contributed by atoms with Crippen LogP contribution in [-0.2, 0) is 9.47 Å². The number of ether oxygens (including phenoxy) is 2. The van der Waals surface area contributed by atoms with Gasteiger partial charge in [0.05, 0.1) is 31.2 Å². The second-order valence-corrected chi connectivity index (χ2v) is 11.3. The highest BCUT2D eigenvalue weighted by Crippen LogP contribution is 2.19. The van der Waals surface area contributed by atoms with Gasteiger partial charge in [-0.25, -0.2) is 0 Å². The fraction of sp³-hybridized carbons (Fsp3) is 0.694. The minimum atomic E-state index is -1.01. The predicted molar refractivity (Wildman–Crippen MR) is 189 cm³/mol. The van der Waals surface area contributed by atoms with E-state index in [1.807, 2.05) is 39.0 Å². The Morgan fingerprint density at radius 3 is 1.52 bits per heavy atom. The Kier molecular flexibility index (Phi) is 37.7. The molecule has 0 heterocycles. The van der Waals surface area contributed by atoms with E-state index in [2.05, 4.69) is 71.4 Å². The molecule has 0 bridgehead atoms. The maximum atomic E-state index is 9.10. The summed E-state index contributed by atoms with van der Waals surface area (Å²) < 4.78 is 9.65. The van der Waals surface area contributed by atoms with Gasteiger partial charge in [0.15, 0.2) is 5.90 Å². The molecule has 0 aromatic rings. The van der Waals surface area contributed by atoms with Gasteiger partial charge in [0.1, 0.15) is 7.85 Å². The molecule has 42 heavy (non-hydrogen) atoms. The Morgan fingerprint density at radius 1 is 0.833 bits per heavy atom. The lowest BCUT2D eigenvalue weighted by Crippen LogP contribution is -2.44. The summed E-state index contributed by atoms with van der Waals surface area (Å²) in [6, 6.07) is 0.